The van der Waals surface area contributed by atoms with Crippen LogP contribution in [0.5, 0.6) is 11.5 Å². The van der Waals surface area contributed by atoms with E-state index in [2.05, 4.69) is 10.3 Å². The van der Waals surface area contributed by atoms with Gasteiger partial charge in [-0.25, -0.2) is 4.98 Å². The highest BCUT2D eigenvalue weighted by molar-refractivity contribution is 5.79. The molecule has 2 heterocycles. The number of piperidine rings is 1. The van der Waals surface area contributed by atoms with Crippen LogP contribution in [0.2, 0.25) is 0 Å². The Labute approximate surface area is 173 Å². The van der Waals surface area contributed by atoms with Gasteiger partial charge in [0, 0.05) is 31.7 Å². The molecule has 1 aliphatic heterocycles. The molecule has 162 valence electrons. The van der Waals surface area contributed by atoms with Crippen LogP contribution in [0, 0.1) is 5.92 Å². The van der Waals surface area contributed by atoms with Crippen molar-refractivity contribution in [2.24, 2.45) is 5.92 Å². The Hall–Kier alpha value is -2.97. The summed E-state index contributed by atoms with van der Waals surface area (Å²) in [4.78, 5) is 18.4. The number of aromatic nitrogens is 1. The number of halogens is 3. The summed E-state index contributed by atoms with van der Waals surface area (Å²) in [6.45, 7) is 1.50. The summed E-state index contributed by atoms with van der Waals surface area (Å²) < 4.78 is 48.5. The highest BCUT2D eigenvalue weighted by Crippen LogP contribution is 2.30. The zero-order chi connectivity index (χ0) is 21.7. The number of carbonyl (C=O) groups excluding carboxylic acids is 1. The Kier molecular flexibility index (Phi) is 6.69. The third kappa shape index (κ3) is 5.14. The number of methoxy groups -OCH3 is 2. The quantitative estimate of drug-likeness (QED) is 0.769. The molecule has 0 saturated carbocycles. The Bertz CT molecular complexity index is 864. The maximum Gasteiger partial charge on any atom is 0.417 e. The Balaban J connectivity index is 1.50. The zero-order valence-corrected chi connectivity index (χ0v) is 16.8. The molecule has 1 fully saturated rings. The number of anilines is 1. The second kappa shape index (κ2) is 9.23. The zero-order valence-electron chi connectivity index (χ0n) is 16.8. The van der Waals surface area contributed by atoms with E-state index in [9.17, 15) is 18.0 Å². The van der Waals surface area contributed by atoms with Gasteiger partial charge in [0.2, 0.25) is 5.91 Å². The number of rotatable bonds is 6. The van der Waals surface area contributed by atoms with Gasteiger partial charge in [-0.3, -0.25) is 4.79 Å². The molecule has 6 nitrogen and oxygen atoms in total. The molecule has 30 heavy (non-hydrogen) atoms. The number of nitrogens with one attached hydrogen (secondary N) is 1. The highest BCUT2D eigenvalue weighted by Gasteiger charge is 2.31. The second-order valence-electron chi connectivity index (χ2n) is 7.07. The fourth-order valence-corrected chi connectivity index (χ4v) is 3.44. The summed E-state index contributed by atoms with van der Waals surface area (Å²) in [7, 11) is 3.12. The molecule has 0 aliphatic carbocycles. The minimum atomic E-state index is -4.40. The van der Waals surface area contributed by atoms with Crippen LogP contribution < -0.4 is 19.7 Å². The molecule has 3 rings (SSSR count). The number of alkyl halides is 3. The Morgan fingerprint density at radius 1 is 1.13 bits per heavy atom. The monoisotopic (exact) mass is 423 g/mol. The minimum absolute atomic E-state index is 0.0372. The molecule has 1 saturated heterocycles. The number of nitrogens with zero attached hydrogens (tertiary/aromatic N) is 2. The van der Waals surface area contributed by atoms with Crippen LogP contribution in [0.25, 0.3) is 0 Å². The van der Waals surface area contributed by atoms with Crippen molar-refractivity contribution in [1.82, 2.24) is 10.3 Å². The van der Waals surface area contributed by atoms with Crippen LogP contribution >= 0.6 is 0 Å². The van der Waals surface area contributed by atoms with E-state index in [-0.39, 0.29) is 11.8 Å². The molecule has 1 amide bonds. The first-order valence-electron chi connectivity index (χ1n) is 9.58. The van der Waals surface area contributed by atoms with Crippen LogP contribution in [0.4, 0.5) is 19.0 Å². The first-order valence-corrected chi connectivity index (χ1v) is 9.58. The van der Waals surface area contributed by atoms with E-state index in [0.29, 0.717) is 49.8 Å². The van der Waals surface area contributed by atoms with Gasteiger partial charge in [0.25, 0.3) is 0 Å². The molecule has 0 unspecified atom stereocenters. The summed E-state index contributed by atoms with van der Waals surface area (Å²) in [5.41, 5.74) is 0.128. The Morgan fingerprint density at radius 3 is 2.40 bits per heavy atom. The van der Waals surface area contributed by atoms with Crippen molar-refractivity contribution in [3.63, 3.8) is 0 Å². The lowest BCUT2D eigenvalue weighted by atomic mass is 9.95. The molecular weight excluding hydrogens is 399 g/mol. The molecule has 1 aromatic carbocycles. The van der Waals surface area contributed by atoms with Crippen molar-refractivity contribution in [3.8, 4) is 11.5 Å². The standard InChI is InChI=1S/C21H24F3N3O3/c1-29-17-5-3-14(11-18(17)30-2)12-26-20(28)15-7-9-27(10-8-15)19-6-4-16(13-25-19)21(22,23)24/h3-6,11,13,15H,7-10,12H2,1-2H3,(H,26,28). The number of hydrogen-bond donors (Lipinski definition) is 1. The predicted molar refractivity (Wildman–Crippen MR) is 106 cm³/mol. The lowest BCUT2D eigenvalue weighted by molar-refractivity contribution is -0.137. The number of carbonyl (C=O) groups is 1. The molecule has 0 spiro atoms. The number of pyridine rings is 1. The molecule has 0 bridgehead atoms. The average Bonchev–Trinajstić information content (AvgIpc) is 2.76. The van der Waals surface area contributed by atoms with Crippen molar-refractivity contribution in [2.75, 3.05) is 32.2 Å². The van der Waals surface area contributed by atoms with Gasteiger partial charge in [0.15, 0.2) is 11.5 Å². The van der Waals surface area contributed by atoms with Crippen molar-refractivity contribution in [1.29, 1.82) is 0 Å². The third-order valence-electron chi connectivity index (χ3n) is 5.18. The second-order valence-corrected chi connectivity index (χ2v) is 7.07. The van der Waals surface area contributed by atoms with E-state index in [0.717, 1.165) is 17.8 Å². The minimum Gasteiger partial charge on any atom is -0.493 e. The Morgan fingerprint density at radius 2 is 1.83 bits per heavy atom. The largest absolute Gasteiger partial charge is 0.493 e. The third-order valence-corrected chi connectivity index (χ3v) is 5.18. The molecule has 1 N–H and O–H groups in total. The van der Waals surface area contributed by atoms with E-state index in [1.807, 2.05) is 17.0 Å². The van der Waals surface area contributed by atoms with Crippen LogP contribution in [0.15, 0.2) is 36.5 Å². The molecule has 2 aromatic rings. The van der Waals surface area contributed by atoms with E-state index < -0.39 is 11.7 Å². The summed E-state index contributed by atoms with van der Waals surface area (Å²) in [5.74, 6) is 1.53. The highest BCUT2D eigenvalue weighted by atomic mass is 19.4. The normalized spacial score (nSPS) is 15.0. The van der Waals surface area contributed by atoms with E-state index in [4.69, 9.17) is 9.47 Å². The van der Waals surface area contributed by atoms with Crippen LogP contribution in [0.1, 0.15) is 24.0 Å². The molecule has 1 aliphatic rings. The van der Waals surface area contributed by atoms with E-state index in [1.54, 1.807) is 20.3 Å². The van der Waals surface area contributed by atoms with E-state index >= 15 is 0 Å². The number of ether oxygens (including phenoxy) is 2. The van der Waals surface area contributed by atoms with Crippen LogP contribution in [-0.4, -0.2) is 38.2 Å². The van der Waals surface area contributed by atoms with Crippen molar-refractivity contribution in [3.05, 3.63) is 47.7 Å². The van der Waals surface area contributed by atoms with Crippen LogP contribution in [-0.2, 0) is 17.5 Å². The first kappa shape index (κ1) is 21.7. The number of benzene rings is 1. The predicted octanol–water partition coefficient (Wildman–Crippen LogP) is 3.65. The van der Waals surface area contributed by atoms with Gasteiger partial charge in [-0.05, 0) is 42.7 Å². The van der Waals surface area contributed by atoms with Gasteiger partial charge in [-0.15, -0.1) is 0 Å². The summed E-state index contributed by atoms with van der Waals surface area (Å²) in [5, 5.41) is 2.94. The maximum atomic E-state index is 12.7. The molecule has 0 atom stereocenters. The smallest absolute Gasteiger partial charge is 0.417 e. The fraction of sp³-hybridized carbons (Fsp3) is 0.429. The van der Waals surface area contributed by atoms with E-state index in [1.165, 1.54) is 6.07 Å². The molecular formula is C21H24F3N3O3. The van der Waals surface area contributed by atoms with Gasteiger partial charge in [-0.2, -0.15) is 13.2 Å². The van der Waals surface area contributed by atoms with Crippen molar-refractivity contribution in [2.45, 2.75) is 25.6 Å². The molecule has 9 heteroatoms. The fourth-order valence-electron chi connectivity index (χ4n) is 3.44. The summed E-state index contributed by atoms with van der Waals surface area (Å²) in [6.07, 6.45) is -2.33. The SMILES string of the molecule is COc1ccc(CNC(=O)C2CCN(c3ccc(C(F)(F)F)cn3)CC2)cc1OC. The van der Waals surface area contributed by atoms with Gasteiger partial charge >= 0.3 is 6.18 Å². The van der Waals surface area contributed by atoms with Crippen molar-refractivity contribution < 1.29 is 27.4 Å². The van der Waals surface area contributed by atoms with Crippen LogP contribution in [0.3, 0.4) is 0 Å². The van der Waals surface area contributed by atoms with Gasteiger partial charge in [-0.1, -0.05) is 6.07 Å². The lowest BCUT2D eigenvalue weighted by Crippen LogP contribution is -2.40. The first-order chi connectivity index (χ1) is 14.3. The molecule has 0 radical (unpaired) electrons. The van der Waals surface area contributed by atoms with Gasteiger partial charge < -0.3 is 19.7 Å². The number of hydrogen-bond acceptors (Lipinski definition) is 5. The van der Waals surface area contributed by atoms with Crippen molar-refractivity contribution >= 4 is 11.7 Å². The topological polar surface area (TPSA) is 63.7 Å². The number of amides is 1. The maximum absolute atomic E-state index is 12.7. The van der Waals surface area contributed by atoms with Gasteiger partial charge in [0.05, 0.1) is 19.8 Å². The van der Waals surface area contributed by atoms with Gasteiger partial charge in [0.1, 0.15) is 5.82 Å². The lowest BCUT2D eigenvalue weighted by Gasteiger charge is -2.32. The average molecular weight is 423 g/mol. The summed E-state index contributed by atoms with van der Waals surface area (Å²) in [6, 6.07) is 7.87. The summed E-state index contributed by atoms with van der Waals surface area (Å²) >= 11 is 0. The molecule has 1 aromatic heterocycles.